The molecule has 8 atom stereocenters. The van der Waals surface area contributed by atoms with Gasteiger partial charge in [0.25, 0.3) is 0 Å². The van der Waals surface area contributed by atoms with Gasteiger partial charge < -0.3 is 34.6 Å². The molecule has 2 unspecified atom stereocenters. The fourth-order valence-electron chi connectivity index (χ4n) is 10.5. The van der Waals surface area contributed by atoms with Crippen molar-refractivity contribution < 1.29 is 23.9 Å². The lowest BCUT2D eigenvalue weighted by Gasteiger charge is -2.32. The zero-order valence-corrected chi connectivity index (χ0v) is 36.3. The number of piperidine rings is 2. The van der Waals surface area contributed by atoms with Crippen LogP contribution in [0.2, 0.25) is 10.3 Å². The van der Waals surface area contributed by atoms with Gasteiger partial charge in [-0.25, -0.2) is 14.8 Å². The zero-order valence-electron chi connectivity index (χ0n) is 34.8. The summed E-state index contributed by atoms with van der Waals surface area (Å²) < 4.78 is 10.3. The second-order valence-corrected chi connectivity index (χ2v) is 18.9. The molecule has 2 saturated carbocycles. The van der Waals surface area contributed by atoms with Crippen molar-refractivity contribution >= 4 is 51.9 Å². The van der Waals surface area contributed by atoms with E-state index in [-0.39, 0.29) is 35.9 Å². The van der Waals surface area contributed by atoms with Crippen molar-refractivity contribution in [3.63, 3.8) is 0 Å². The molecule has 3 aromatic carbocycles. The number of carbonyl (C=O) groups is 3. The molecule has 5 heterocycles. The van der Waals surface area contributed by atoms with Crippen LogP contribution in [-0.4, -0.2) is 86.1 Å². The number of fused-ring (bicyclic) bond motifs is 3. The van der Waals surface area contributed by atoms with E-state index in [1.807, 2.05) is 30.9 Å². The van der Waals surface area contributed by atoms with Gasteiger partial charge in [0, 0.05) is 42.8 Å². The largest absolute Gasteiger partial charge is 0.453 e. The van der Waals surface area contributed by atoms with Crippen LogP contribution in [0, 0.1) is 29.6 Å². The number of alkyl carbamates (subject to hydrolysis) is 1. The predicted octanol–water partition coefficient (Wildman–Crippen LogP) is 9.36. The number of H-pyrrole nitrogens is 2. The number of hydrogen-bond donors (Lipinski definition) is 3. The number of aromatic amines is 2. The number of ether oxygens (including phenoxy) is 2. The van der Waals surface area contributed by atoms with Crippen LogP contribution in [0.3, 0.4) is 0 Å². The van der Waals surface area contributed by atoms with E-state index in [9.17, 15) is 14.4 Å². The summed E-state index contributed by atoms with van der Waals surface area (Å²) in [4.78, 5) is 60.3. The summed E-state index contributed by atoms with van der Waals surface area (Å²) in [5, 5.41) is 5.67. The maximum Gasteiger partial charge on any atom is 0.407 e. The Bertz CT molecular complexity index is 2510. The molecule has 3 aliphatic heterocycles. The van der Waals surface area contributed by atoms with Crippen molar-refractivity contribution in [3.8, 4) is 33.6 Å². The predicted molar refractivity (Wildman–Crippen MR) is 234 cm³/mol. The highest BCUT2D eigenvalue weighted by atomic mass is 35.5. The van der Waals surface area contributed by atoms with Gasteiger partial charge in [0.2, 0.25) is 11.8 Å². The highest BCUT2D eigenvalue weighted by molar-refractivity contribution is 6.32. The van der Waals surface area contributed by atoms with Crippen molar-refractivity contribution in [1.29, 1.82) is 0 Å². The average molecular weight is 865 g/mol. The Labute approximate surface area is 365 Å². The van der Waals surface area contributed by atoms with Crippen molar-refractivity contribution in [3.05, 3.63) is 82.6 Å². The highest BCUT2D eigenvalue weighted by Gasteiger charge is 2.62. The fourth-order valence-corrected chi connectivity index (χ4v) is 11.0. The number of halogens is 2. The molecular formula is C47H51Cl2N7O5. The molecule has 12 nitrogen and oxygen atoms in total. The van der Waals surface area contributed by atoms with Crippen molar-refractivity contribution in [2.75, 3.05) is 20.3 Å². The molecule has 0 bridgehead atoms. The Morgan fingerprint density at radius 3 is 2.07 bits per heavy atom. The molecule has 318 valence electrons. The van der Waals surface area contributed by atoms with Crippen LogP contribution < -0.4 is 5.32 Å². The van der Waals surface area contributed by atoms with E-state index in [4.69, 9.17) is 42.6 Å². The first-order valence-electron chi connectivity index (χ1n) is 21.7. The summed E-state index contributed by atoms with van der Waals surface area (Å²) in [6, 6.07) is 20.3. The number of hydrogen-bond acceptors (Lipinski definition) is 7. The molecule has 2 aromatic heterocycles. The summed E-state index contributed by atoms with van der Waals surface area (Å²) in [6.07, 6.45) is 4.62. The number of carbonyl (C=O) groups excluding carboxylic acids is 3. The van der Waals surface area contributed by atoms with E-state index in [1.165, 1.54) is 7.11 Å². The maximum atomic E-state index is 14.0. The van der Waals surface area contributed by atoms with Gasteiger partial charge in [-0.1, -0.05) is 92.5 Å². The molecule has 2 aliphatic carbocycles. The molecule has 0 radical (unpaired) electrons. The highest BCUT2D eigenvalue weighted by Crippen LogP contribution is 2.58. The number of likely N-dealkylation sites (tertiary alicyclic amines) is 2. The monoisotopic (exact) mass is 863 g/mol. The minimum atomic E-state index is -0.719. The number of nitrogens with one attached hydrogen (secondary N) is 3. The first-order chi connectivity index (χ1) is 29.5. The Kier molecular flexibility index (Phi) is 10.4. The quantitative estimate of drug-likeness (QED) is 0.127. The van der Waals surface area contributed by atoms with Gasteiger partial charge in [0.15, 0.2) is 10.3 Å². The minimum Gasteiger partial charge on any atom is -0.453 e. The fraction of sp³-hybridized carbons (Fsp3) is 0.468. The number of nitrogens with zero attached hydrogens (tertiary/aromatic N) is 4. The molecule has 3 amide bonds. The summed E-state index contributed by atoms with van der Waals surface area (Å²) in [5.41, 5.74) is 5.42. The van der Waals surface area contributed by atoms with Gasteiger partial charge in [0.1, 0.15) is 17.7 Å². The number of amides is 3. The van der Waals surface area contributed by atoms with E-state index in [0.29, 0.717) is 58.0 Å². The van der Waals surface area contributed by atoms with E-state index in [0.717, 1.165) is 89.9 Å². The number of rotatable bonds is 10. The summed E-state index contributed by atoms with van der Waals surface area (Å²) in [7, 11) is 1.30. The van der Waals surface area contributed by atoms with Crippen LogP contribution >= 0.6 is 23.2 Å². The van der Waals surface area contributed by atoms with Crippen molar-refractivity contribution in [1.82, 2.24) is 35.1 Å². The van der Waals surface area contributed by atoms with Crippen molar-refractivity contribution in [2.24, 2.45) is 29.6 Å². The number of benzene rings is 3. The Balaban J connectivity index is 0.841. The molecule has 5 aromatic rings. The molecule has 10 rings (SSSR count). The summed E-state index contributed by atoms with van der Waals surface area (Å²) >= 11 is 13.6. The number of imidazole rings is 2. The third-order valence-electron chi connectivity index (χ3n) is 14.1. The SMILES string of the molecule is COC(=O)N[C@H](C(=O)N1C2C(C[C@H]1c1nc(Cl)c(-c3ccc(-c4ccc5cc(-c6[nH]c([C@@H]7C[C@H]8C[C@H]8N7C(=O)CC7CCOCC7)nc6Cl)ccc5c4)cc3)[nH]1)[C@H]2C)C(C)C. The number of methoxy groups -OCH3 is 1. The van der Waals surface area contributed by atoms with Crippen molar-refractivity contribution in [2.45, 2.75) is 89.5 Å². The number of aromatic nitrogens is 4. The van der Waals surface area contributed by atoms with E-state index >= 15 is 0 Å². The van der Waals surface area contributed by atoms with Gasteiger partial charge in [-0.05, 0) is 95.7 Å². The molecule has 14 heteroatoms. The molecule has 0 spiro atoms. The average Bonchev–Trinajstić information content (AvgIpc) is 3.78. The molecule has 5 aliphatic rings. The normalized spacial score (nSPS) is 26.0. The summed E-state index contributed by atoms with van der Waals surface area (Å²) in [5.74, 6) is 3.06. The second kappa shape index (κ2) is 15.8. The Hall–Kier alpha value is -4.91. The van der Waals surface area contributed by atoms with E-state index in [2.05, 4.69) is 75.6 Å². The molecule has 3 N–H and O–H groups in total. The Morgan fingerprint density at radius 1 is 0.820 bits per heavy atom. The van der Waals surface area contributed by atoms with Crippen LogP contribution in [0.5, 0.6) is 0 Å². The van der Waals surface area contributed by atoms with Crippen LogP contribution in [0.4, 0.5) is 4.79 Å². The van der Waals surface area contributed by atoms with Gasteiger partial charge in [-0.3, -0.25) is 9.59 Å². The van der Waals surface area contributed by atoms with E-state index < -0.39 is 12.1 Å². The van der Waals surface area contributed by atoms with Gasteiger partial charge in [0.05, 0.1) is 30.6 Å². The molecule has 3 saturated heterocycles. The van der Waals surface area contributed by atoms with Gasteiger partial charge >= 0.3 is 6.09 Å². The first-order valence-corrected chi connectivity index (χ1v) is 22.4. The van der Waals surface area contributed by atoms with Gasteiger partial charge in [-0.2, -0.15) is 0 Å². The standard InChI is InChI=1S/C47H51Cl2N7O5/c1-23(2)38(52-47(59)60-4)46(58)56-36(22-33-24(3)41(33)56)45-50-39(42(48)53-45)27-7-5-26(6-8-27)28-9-10-30-19-31(12-11-29(30)18-28)40-43(49)54-44(51-40)35-21-32-20-34(32)55(35)37(57)17-25-13-15-61-16-14-25/h5-12,18-19,23-25,32-36,38,41H,13-17,20-22H2,1-4H3,(H,50,53)(H,51,54)(H,52,59)/t24-,32-,33?,34-,35+,36+,38+,41?/m1/s1. The molecular weight excluding hydrogens is 813 g/mol. The third kappa shape index (κ3) is 7.38. The topological polar surface area (TPSA) is 146 Å². The lowest BCUT2D eigenvalue weighted by Crippen LogP contribution is -2.52. The van der Waals surface area contributed by atoms with Crippen LogP contribution in [0.15, 0.2) is 60.7 Å². The summed E-state index contributed by atoms with van der Waals surface area (Å²) in [6.45, 7) is 7.47. The second-order valence-electron chi connectivity index (χ2n) is 18.2. The van der Waals surface area contributed by atoms with Crippen LogP contribution in [0.1, 0.15) is 83.0 Å². The molecule has 5 fully saturated rings. The molecule has 61 heavy (non-hydrogen) atoms. The van der Waals surface area contributed by atoms with E-state index in [1.54, 1.807) is 0 Å². The third-order valence-corrected chi connectivity index (χ3v) is 14.7. The van der Waals surface area contributed by atoms with Gasteiger partial charge in [-0.15, -0.1) is 0 Å². The van der Waals surface area contributed by atoms with Crippen LogP contribution in [-0.2, 0) is 19.1 Å². The Morgan fingerprint density at radius 2 is 1.41 bits per heavy atom. The lowest BCUT2D eigenvalue weighted by atomic mass is 9.95. The smallest absolute Gasteiger partial charge is 0.407 e. The first kappa shape index (κ1) is 40.2. The minimum absolute atomic E-state index is 0.0772. The maximum absolute atomic E-state index is 14.0. The lowest BCUT2D eigenvalue weighted by molar-refractivity contribution is -0.137. The zero-order chi connectivity index (χ0) is 42.3. The van der Waals surface area contributed by atoms with Crippen LogP contribution in [0.25, 0.3) is 44.4 Å².